The zero-order valence-corrected chi connectivity index (χ0v) is 11.8. The number of nitrogens with one attached hydrogen (secondary N) is 2. The normalized spacial score (nSPS) is 10.1. The Balaban J connectivity index is 2.23. The SMILES string of the molecule is N=Cc1cc(C(=O)Nc2ccc(Cl)c(Cl)c2)ccc1N. The third-order valence-electron chi connectivity index (χ3n) is 2.68. The van der Waals surface area contributed by atoms with Crippen LogP contribution in [0, 0.1) is 5.41 Å². The van der Waals surface area contributed by atoms with Gasteiger partial charge in [-0.2, -0.15) is 0 Å². The van der Waals surface area contributed by atoms with Gasteiger partial charge in [-0.3, -0.25) is 4.79 Å². The fourth-order valence-electron chi connectivity index (χ4n) is 1.62. The van der Waals surface area contributed by atoms with Crippen molar-refractivity contribution in [3.63, 3.8) is 0 Å². The van der Waals surface area contributed by atoms with E-state index in [2.05, 4.69) is 5.32 Å². The molecule has 0 saturated carbocycles. The highest BCUT2D eigenvalue weighted by molar-refractivity contribution is 6.42. The highest BCUT2D eigenvalue weighted by Gasteiger charge is 2.09. The van der Waals surface area contributed by atoms with Crippen molar-refractivity contribution in [1.29, 1.82) is 5.41 Å². The summed E-state index contributed by atoms with van der Waals surface area (Å²) in [5.41, 5.74) is 7.56. The van der Waals surface area contributed by atoms with Crippen molar-refractivity contribution in [1.82, 2.24) is 0 Å². The summed E-state index contributed by atoms with van der Waals surface area (Å²) in [4.78, 5) is 12.1. The zero-order chi connectivity index (χ0) is 14.7. The molecule has 2 aromatic rings. The van der Waals surface area contributed by atoms with Crippen molar-refractivity contribution in [3.8, 4) is 0 Å². The Bertz CT molecular complexity index is 686. The van der Waals surface area contributed by atoms with Gasteiger partial charge in [0.2, 0.25) is 0 Å². The van der Waals surface area contributed by atoms with E-state index in [9.17, 15) is 4.79 Å². The minimum atomic E-state index is -0.313. The first-order chi connectivity index (χ1) is 9.51. The van der Waals surface area contributed by atoms with Crippen LogP contribution in [0.15, 0.2) is 36.4 Å². The first-order valence-corrected chi connectivity index (χ1v) is 6.43. The molecule has 0 aromatic heterocycles. The molecule has 2 rings (SSSR count). The Morgan fingerprint density at radius 3 is 2.55 bits per heavy atom. The van der Waals surface area contributed by atoms with Crippen LogP contribution in [0.5, 0.6) is 0 Å². The highest BCUT2D eigenvalue weighted by atomic mass is 35.5. The molecular formula is C14H11Cl2N3O. The van der Waals surface area contributed by atoms with Gasteiger partial charge in [-0.15, -0.1) is 0 Å². The number of hydrogen-bond acceptors (Lipinski definition) is 3. The molecule has 0 aliphatic rings. The van der Waals surface area contributed by atoms with E-state index < -0.39 is 0 Å². The molecule has 0 bridgehead atoms. The molecule has 1 amide bonds. The van der Waals surface area contributed by atoms with Crippen LogP contribution >= 0.6 is 23.2 Å². The first-order valence-electron chi connectivity index (χ1n) is 5.67. The average molecular weight is 308 g/mol. The standard InChI is InChI=1S/C14H11Cl2N3O/c15-11-3-2-10(6-12(11)16)19-14(20)8-1-4-13(18)9(5-8)7-17/h1-7,17H,18H2,(H,19,20). The number of anilines is 2. The van der Waals surface area contributed by atoms with Crippen molar-refractivity contribution in [3.05, 3.63) is 57.6 Å². The monoisotopic (exact) mass is 307 g/mol. The van der Waals surface area contributed by atoms with Gasteiger partial charge in [0, 0.05) is 28.7 Å². The highest BCUT2D eigenvalue weighted by Crippen LogP contribution is 2.25. The lowest BCUT2D eigenvalue weighted by atomic mass is 10.1. The second-order valence-corrected chi connectivity index (χ2v) is 4.89. The van der Waals surface area contributed by atoms with Crippen LogP contribution in [0.4, 0.5) is 11.4 Å². The summed E-state index contributed by atoms with van der Waals surface area (Å²) in [6.45, 7) is 0. The third kappa shape index (κ3) is 3.10. The lowest BCUT2D eigenvalue weighted by Gasteiger charge is -2.08. The molecular weight excluding hydrogens is 297 g/mol. The van der Waals surface area contributed by atoms with Crippen molar-refractivity contribution < 1.29 is 4.79 Å². The maximum atomic E-state index is 12.1. The Morgan fingerprint density at radius 2 is 1.90 bits per heavy atom. The minimum Gasteiger partial charge on any atom is -0.398 e. The molecule has 0 aliphatic heterocycles. The molecule has 20 heavy (non-hydrogen) atoms. The van der Waals surface area contributed by atoms with Crippen molar-refractivity contribution in [2.45, 2.75) is 0 Å². The number of nitrogens with two attached hydrogens (primary N) is 1. The van der Waals surface area contributed by atoms with Gasteiger partial charge in [0.25, 0.3) is 5.91 Å². The summed E-state index contributed by atoms with van der Waals surface area (Å²) >= 11 is 11.7. The largest absolute Gasteiger partial charge is 0.398 e. The zero-order valence-electron chi connectivity index (χ0n) is 10.3. The number of rotatable bonds is 3. The van der Waals surface area contributed by atoms with E-state index in [0.717, 1.165) is 6.21 Å². The number of halogens is 2. The Hall–Kier alpha value is -2.04. The Morgan fingerprint density at radius 1 is 1.15 bits per heavy atom. The minimum absolute atomic E-state index is 0.313. The lowest BCUT2D eigenvalue weighted by molar-refractivity contribution is 0.102. The number of hydrogen-bond donors (Lipinski definition) is 3. The van der Waals surface area contributed by atoms with E-state index in [1.165, 1.54) is 0 Å². The smallest absolute Gasteiger partial charge is 0.255 e. The van der Waals surface area contributed by atoms with E-state index in [1.54, 1.807) is 36.4 Å². The van der Waals surface area contributed by atoms with Gasteiger partial charge in [0.1, 0.15) is 0 Å². The Labute approximate surface area is 126 Å². The number of nitrogen functional groups attached to an aromatic ring is 1. The van der Waals surface area contributed by atoms with Gasteiger partial charge in [-0.05, 0) is 36.4 Å². The summed E-state index contributed by atoms with van der Waals surface area (Å²) in [6, 6.07) is 9.55. The van der Waals surface area contributed by atoms with Gasteiger partial charge in [-0.25, -0.2) is 0 Å². The summed E-state index contributed by atoms with van der Waals surface area (Å²) in [6.07, 6.45) is 1.10. The fraction of sp³-hybridized carbons (Fsp3) is 0. The van der Waals surface area contributed by atoms with E-state index in [4.69, 9.17) is 34.3 Å². The molecule has 0 spiro atoms. The predicted octanol–water partition coefficient (Wildman–Crippen LogP) is 3.83. The predicted molar refractivity (Wildman–Crippen MR) is 83.2 cm³/mol. The molecule has 6 heteroatoms. The van der Waals surface area contributed by atoms with E-state index in [0.29, 0.717) is 32.5 Å². The number of benzene rings is 2. The molecule has 4 nitrogen and oxygen atoms in total. The van der Waals surface area contributed by atoms with Gasteiger partial charge >= 0.3 is 0 Å². The second kappa shape index (κ2) is 5.94. The fourth-order valence-corrected chi connectivity index (χ4v) is 1.92. The molecule has 0 unspecified atom stereocenters. The molecule has 0 aliphatic carbocycles. The second-order valence-electron chi connectivity index (χ2n) is 4.07. The van der Waals surface area contributed by atoms with Crippen LogP contribution in [0.1, 0.15) is 15.9 Å². The number of amides is 1. The summed E-state index contributed by atoms with van der Waals surface area (Å²) in [5.74, 6) is -0.313. The lowest BCUT2D eigenvalue weighted by Crippen LogP contribution is -2.12. The summed E-state index contributed by atoms with van der Waals surface area (Å²) in [7, 11) is 0. The molecule has 4 N–H and O–H groups in total. The number of carbonyl (C=O) groups is 1. The van der Waals surface area contributed by atoms with Crippen LogP contribution in [-0.2, 0) is 0 Å². The van der Waals surface area contributed by atoms with E-state index in [-0.39, 0.29) is 5.91 Å². The van der Waals surface area contributed by atoms with Gasteiger partial charge in [-0.1, -0.05) is 23.2 Å². The molecule has 0 atom stereocenters. The maximum Gasteiger partial charge on any atom is 0.255 e. The Kier molecular flexibility index (Phi) is 4.27. The molecule has 0 saturated heterocycles. The summed E-state index contributed by atoms with van der Waals surface area (Å²) < 4.78 is 0. The quantitative estimate of drug-likeness (QED) is 0.595. The molecule has 0 radical (unpaired) electrons. The van der Waals surface area contributed by atoms with Crippen LogP contribution in [0.25, 0.3) is 0 Å². The van der Waals surface area contributed by atoms with Crippen molar-refractivity contribution in [2.75, 3.05) is 11.1 Å². The number of carbonyl (C=O) groups excluding carboxylic acids is 1. The van der Waals surface area contributed by atoms with E-state index >= 15 is 0 Å². The molecule has 2 aromatic carbocycles. The van der Waals surface area contributed by atoms with Crippen LogP contribution in [0.2, 0.25) is 10.0 Å². The first kappa shape index (κ1) is 14.4. The van der Waals surface area contributed by atoms with Crippen LogP contribution in [-0.4, -0.2) is 12.1 Å². The average Bonchev–Trinajstić information content (AvgIpc) is 2.43. The van der Waals surface area contributed by atoms with E-state index in [1.807, 2.05) is 0 Å². The summed E-state index contributed by atoms with van der Waals surface area (Å²) in [5, 5.41) is 10.7. The van der Waals surface area contributed by atoms with Crippen molar-refractivity contribution in [2.24, 2.45) is 0 Å². The molecule has 0 fully saturated rings. The van der Waals surface area contributed by atoms with Crippen LogP contribution in [0.3, 0.4) is 0 Å². The van der Waals surface area contributed by atoms with Gasteiger partial charge in [0.05, 0.1) is 10.0 Å². The molecule has 102 valence electrons. The van der Waals surface area contributed by atoms with Gasteiger partial charge in [0.15, 0.2) is 0 Å². The van der Waals surface area contributed by atoms with Crippen LogP contribution < -0.4 is 11.1 Å². The van der Waals surface area contributed by atoms with Crippen molar-refractivity contribution >= 4 is 46.7 Å². The van der Waals surface area contributed by atoms with Gasteiger partial charge < -0.3 is 16.5 Å². The third-order valence-corrected chi connectivity index (χ3v) is 3.42. The molecule has 0 heterocycles. The maximum absolute atomic E-state index is 12.1. The topological polar surface area (TPSA) is 79.0 Å².